The zero-order valence-electron chi connectivity index (χ0n) is 12.5. The number of hydrogen-bond acceptors (Lipinski definition) is 5. The fourth-order valence-electron chi connectivity index (χ4n) is 2.49. The molecule has 108 valence electrons. The summed E-state index contributed by atoms with van der Waals surface area (Å²) in [4.78, 5) is 4.87. The molecule has 1 unspecified atom stereocenters. The Morgan fingerprint density at radius 1 is 1.22 bits per heavy atom. The first-order valence-corrected chi connectivity index (χ1v) is 6.65. The van der Waals surface area contributed by atoms with Gasteiger partial charge >= 0.3 is 0 Å². The van der Waals surface area contributed by atoms with Gasteiger partial charge in [0.2, 0.25) is 0 Å². The molecule has 1 fully saturated rings. The number of methoxy groups -OCH3 is 2. The standard InChI is InChI=1S/C13H29N3O2/c1-13(2)10-16(7-6-15(13)3)11(9-14)8-12(17-4)18-5/h11-12H,6-10,14H2,1-5H3. The summed E-state index contributed by atoms with van der Waals surface area (Å²) >= 11 is 0. The van der Waals surface area contributed by atoms with Crippen molar-refractivity contribution in [3.05, 3.63) is 0 Å². The molecule has 5 heteroatoms. The Morgan fingerprint density at radius 2 is 1.83 bits per heavy atom. The molecule has 0 aliphatic carbocycles. The van der Waals surface area contributed by atoms with Crippen LogP contribution in [0.25, 0.3) is 0 Å². The monoisotopic (exact) mass is 259 g/mol. The van der Waals surface area contributed by atoms with E-state index in [2.05, 4.69) is 30.7 Å². The van der Waals surface area contributed by atoms with Crippen molar-refractivity contribution in [2.24, 2.45) is 5.73 Å². The topological polar surface area (TPSA) is 51.0 Å². The Bertz CT molecular complexity index is 244. The molecular formula is C13H29N3O2. The second-order valence-corrected chi connectivity index (χ2v) is 5.73. The first kappa shape index (κ1) is 15.9. The Balaban J connectivity index is 2.60. The van der Waals surface area contributed by atoms with Crippen LogP contribution in [0.3, 0.4) is 0 Å². The summed E-state index contributed by atoms with van der Waals surface area (Å²) in [6.45, 7) is 8.36. The minimum absolute atomic E-state index is 0.165. The average Bonchev–Trinajstić information content (AvgIpc) is 2.34. The van der Waals surface area contributed by atoms with Gasteiger partial charge in [-0.15, -0.1) is 0 Å². The first-order valence-electron chi connectivity index (χ1n) is 6.65. The van der Waals surface area contributed by atoms with E-state index >= 15 is 0 Å². The van der Waals surface area contributed by atoms with E-state index in [4.69, 9.17) is 15.2 Å². The molecule has 2 N–H and O–H groups in total. The molecule has 5 nitrogen and oxygen atoms in total. The normalized spacial score (nSPS) is 23.5. The SMILES string of the molecule is COC(CC(CN)N1CCN(C)C(C)(C)C1)OC. The first-order chi connectivity index (χ1) is 8.44. The predicted octanol–water partition coefficient (Wildman–Crippen LogP) is 0.349. The van der Waals surface area contributed by atoms with Crippen molar-refractivity contribution in [1.82, 2.24) is 9.80 Å². The van der Waals surface area contributed by atoms with Gasteiger partial charge in [-0.1, -0.05) is 0 Å². The van der Waals surface area contributed by atoms with E-state index in [-0.39, 0.29) is 11.8 Å². The van der Waals surface area contributed by atoms with Crippen LogP contribution in [0.15, 0.2) is 0 Å². The molecular weight excluding hydrogens is 230 g/mol. The summed E-state index contributed by atoms with van der Waals surface area (Å²) < 4.78 is 10.6. The fraction of sp³-hybridized carbons (Fsp3) is 1.00. The zero-order valence-corrected chi connectivity index (χ0v) is 12.5. The van der Waals surface area contributed by atoms with Gasteiger partial charge in [-0.2, -0.15) is 0 Å². The lowest BCUT2D eigenvalue weighted by Crippen LogP contribution is -2.61. The van der Waals surface area contributed by atoms with E-state index in [1.54, 1.807) is 14.2 Å². The molecule has 0 radical (unpaired) electrons. The lowest BCUT2D eigenvalue weighted by molar-refractivity contribution is -0.120. The smallest absolute Gasteiger partial charge is 0.158 e. The van der Waals surface area contributed by atoms with Crippen LogP contribution >= 0.6 is 0 Å². The molecule has 0 aromatic rings. The number of nitrogens with zero attached hydrogens (tertiary/aromatic N) is 2. The summed E-state index contributed by atoms with van der Waals surface area (Å²) in [7, 11) is 5.53. The number of likely N-dealkylation sites (N-methyl/N-ethyl adjacent to an activating group) is 1. The highest BCUT2D eigenvalue weighted by atomic mass is 16.7. The Hall–Kier alpha value is -0.200. The van der Waals surface area contributed by atoms with Gasteiger partial charge in [-0.3, -0.25) is 9.80 Å². The third-order valence-electron chi connectivity index (χ3n) is 4.12. The minimum atomic E-state index is -0.165. The van der Waals surface area contributed by atoms with Crippen molar-refractivity contribution in [3.8, 4) is 0 Å². The Kier molecular flexibility index (Phi) is 6.01. The zero-order chi connectivity index (χ0) is 13.8. The van der Waals surface area contributed by atoms with Crippen molar-refractivity contribution in [2.45, 2.75) is 38.1 Å². The number of rotatable bonds is 6. The molecule has 0 amide bonds. The molecule has 1 aliphatic heterocycles. The lowest BCUT2D eigenvalue weighted by Gasteiger charge is -2.48. The molecule has 0 aromatic heterocycles. The van der Waals surface area contributed by atoms with Crippen LogP contribution in [-0.4, -0.2) is 75.1 Å². The molecule has 18 heavy (non-hydrogen) atoms. The van der Waals surface area contributed by atoms with Crippen molar-refractivity contribution in [1.29, 1.82) is 0 Å². The molecule has 0 bridgehead atoms. The number of piperazine rings is 1. The third-order valence-corrected chi connectivity index (χ3v) is 4.12. The maximum absolute atomic E-state index is 5.92. The van der Waals surface area contributed by atoms with Crippen LogP contribution in [0.2, 0.25) is 0 Å². The van der Waals surface area contributed by atoms with Crippen molar-refractivity contribution in [2.75, 3.05) is 47.4 Å². The lowest BCUT2D eigenvalue weighted by atomic mass is 9.97. The highest BCUT2D eigenvalue weighted by Crippen LogP contribution is 2.22. The number of nitrogens with two attached hydrogens (primary N) is 1. The number of hydrogen-bond donors (Lipinski definition) is 1. The van der Waals surface area contributed by atoms with E-state index in [0.29, 0.717) is 12.6 Å². The van der Waals surface area contributed by atoms with Crippen molar-refractivity contribution in [3.63, 3.8) is 0 Å². The van der Waals surface area contributed by atoms with Crippen LogP contribution in [0.4, 0.5) is 0 Å². The summed E-state index contributed by atoms with van der Waals surface area (Å²) in [6.07, 6.45) is 0.657. The van der Waals surface area contributed by atoms with Gasteiger partial charge in [0.05, 0.1) is 0 Å². The van der Waals surface area contributed by atoms with Crippen molar-refractivity contribution < 1.29 is 9.47 Å². The summed E-state index contributed by atoms with van der Waals surface area (Å²) in [6, 6.07) is 0.322. The molecule has 0 spiro atoms. The van der Waals surface area contributed by atoms with Gasteiger partial charge in [-0.05, 0) is 20.9 Å². The fourth-order valence-corrected chi connectivity index (χ4v) is 2.49. The molecule has 1 heterocycles. The molecule has 0 aromatic carbocycles. The number of ether oxygens (including phenoxy) is 2. The van der Waals surface area contributed by atoms with E-state index < -0.39 is 0 Å². The third kappa shape index (κ3) is 3.90. The minimum Gasteiger partial charge on any atom is -0.356 e. The van der Waals surface area contributed by atoms with Gasteiger partial charge in [0, 0.05) is 58.4 Å². The molecule has 1 saturated heterocycles. The highest BCUT2D eigenvalue weighted by Gasteiger charge is 2.34. The van der Waals surface area contributed by atoms with Crippen LogP contribution in [0.1, 0.15) is 20.3 Å². The quantitative estimate of drug-likeness (QED) is 0.698. The van der Waals surface area contributed by atoms with Crippen molar-refractivity contribution >= 4 is 0 Å². The Labute approximate surface area is 111 Å². The molecule has 1 aliphatic rings. The van der Waals surface area contributed by atoms with E-state index in [1.165, 1.54) is 0 Å². The highest BCUT2D eigenvalue weighted by molar-refractivity contribution is 4.91. The van der Waals surface area contributed by atoms with Crippen LogP contribution in [0.5, 0.6) is 0 Å². The van der Waals surface area contributed by atoms with Gasteiger partial charge in [0.15, 0.2) is 6.29 Å². The molecule has 0 saturated carbocycles. The maximum atomic E-state index is 5.92. The van der Waals surface area contributed by atoms with Crippen LogP contribution in [0, 0.1) is 0 Å². The summed E-state index contributed by atoms with van der Waals surface area (Å²) in [5.74, 6) is 0. The van der Waals surface area contributed by atoms with Gasteiger partial charge in [0.1, 0.15) is 0 Å². The summed E-state index contributed by atoms with van der Waals surface area (Å²) in [5.41, 5.74) is 6.11. The van der Waals surface area contributed by atoms with Gasteiger partial charge in [0.25, 0.3) is 0 Å². The van der Waals surface area contributed by atoms with E-state index in [9.17, 15) is 0 Å². The average molecular weight is 259 g/mol. The second kappa shape index (κ2) is 6.82. The van der Waals surface area contributed by atoms with E-state index in [1.807, 2.05) is 0 Å². The van der Waals surface area contributed by atoms with Gasteiger partial charge < -0.3 is 15.2 Å². The van der Waals surface area contributed by atoms with Gasteiger partial charge in [-0.25, -0.2) is 0 Å². The summed E-state index contributed by atoms with van der Waals surface area (Å²) in [5, 5.41) is 0. The second-order valence-electron chi connectivity index (χ2n) is 5.73. The Morgan fingerprint density at radius 3 is 2.28 bits per heavy atom. The molecule has 1 rings (SSSR count). The largest absolute Gasteiger partial charge is 0.356 e. The van der Waals surface area contributed by atoms with Crippen LogP contribution in [-0.2, 0) is 9.47 Å². The maximum Gasteiger partial charge on any atom is 0.158 e. The predicted molar refractivity (Wildman–Crippen MR) is 73.5 cm³/mol. The van der Waals surface area contributed by atoms with E-state index in [0.717, 1.165) is 26.1 Å². The molecule has 1 atom stereocenters. The van der Waals surface area contributed by atoms with Crippen LogP contribution < -0.4 is 5.73 Å².